The van der Waals surface area contributed by atoms with Gasteiger partial charge in [-0.05, 0) is 18.1 Å². The third-order valence-corrected chi connectivity index (χ3v) is 1.01. The number of rotatable bonds is 0. The summed E-state index contributed by atoms with van der Waals surface area (Å²) in [7, 11) is 0. The molecule has 10 heavy (non-hydrogen) atoms. The first kappa shape index (κ1) is 6.66. The Bertz CT molecular complexity index is 243. The second-order valence-corrected chi connectivity index (χ2v) is 1.68. The van der Waals surface area contributed by atoms with Crippen LogP contribution >= 0.6 is 0 Å². The van der Waals surface area contributed by atoms with Gasteiger partial charge in [0.25, 0.3) is 0 Å². The van der Waals surface area contributed by atoms with Crippen molar-refractivity contribution >= 4 is 0 Å². The fraction of sp³-hybridized carbons (Fsp3) is 0. The van der Waals surface area contributed by atoms with Gasteiger partial charge in [0.1, 0.15) is 6.11 Å². The van der Waals surface area contributed by atoms with Crippen molar-refractivity contribution < 1.29 is 10.1 Å². The Morgan fingerprint density at radius 3 is 2.50 bits per heavy atom. The van der Waals surface area contributed by atoms with Crippen molar-refractivity contribution in [2.75, 3.05) is 0 Å². The van der Waals surface area contributed by atoms with E-state index < -0.39 is 0 Å². The maximum Gasteiger partial charge on any atom is 0.109 e. The predicted molar refractivity (Wildman–Crippen MR) is 34.4 cm³/mol. The van der Waals surface area contributed by atoms with E-state index in [9.17, 15) is 5.26 Å². The molecular formula is C8H5O2-. The van der Waals surface area contributed by atoms with Gasteiger partial charge >= 0.3 is 0 Å². The molecule has 0 saturated heterocycles. The number of benzene rings is 1. The molecule has 0 N–H and O–H groups in total. The van der Waals surface area contributed by atoms with Crippen molar-refractivity contribution in [3.63, 3.8) is 0 Å². The summed E-state index contributed by atoms with van der Waals surface area (Å²) >= 11 is 0. The molecule has 1 rings (SSSR count). The van der Waals surface area contributed by atoms with Crippen LogP contribution in [0.25, 0.3) is 0 Å². The van der Waals surface area contributed by atoms with E-state index in [1.54, 1.807) is 12.1 Å². The zero-order chi connectivity index (χ0) is 7.23. The summed E-state index contributed by atoms with van der Waals surface area (Å²) in [6.07, 6.45) is 1.96. The molecule has 2 heteroatoms. The first-order chi connectivity index (χ1) is 4.93. The Hall–Kier alpha value is -1.46. The van der Waals surface area contributed by atoms with Gasteiger partial charge in [-0.2, -0.15) is 0 Å². The second kappa shape index (κ2) is 3.54. The van der Waals surface area contributed by atoms with Crippen LogP contribution in [0.1, 0.15) is 5.56 Å². The minimum Gasteiger partial charge on any atom is -0.653 e. The van der Waals surface area contributed by atoms with E-state index >= 15 is 0 Å². The van der Waals surface area contributed by atoms with Gasteiger partial charge in [-0.1, -0.05) is 18.2 Å². The molecule has 0 heterocycles. The molecule has 0 atom stereocenters. The van der Waals surface area contributed by atoms with Crippen LogP contribution in [0.15, 0.2) is 30.3 Å². The Morgan fingerprint density at radius 1 is 1.20 bits per heavy atom. The van der Waals surface area contributed by atoms with Crippen LogP contribution in [0.2, 0.25) is 0 Å². The van der Waals surface area contributed by atoms with Crippen LogP contribution in [0, 0.1) is 12.0 Å². The van der Waals surface area contributed by atoms with E-state index in [2.05, 4.69) is 10.8 Å². The number of hydrogen-bond donors (Lipinski definition) is 0. The van der Waals surface area contributed by atoms with Crippen LogP contribution in [-0.2, 0) is 4.89 Å². The van der Waals surface area contributed by atoms with Crippen LogP contribution in [0.3, 0.4) is 0 Å². The van der Waals surface area contributed by atoms with Gasteiger partial charge in [0.2, 0.25) is 0 Å². The van der Waals surface area contributed by atoms with E-state index in [1.807, 2.05) is 24.3 Å². The summed E-state index contributed by atoms with van der Waals surface area (Å²) in [5.41, 5.74) is 0.776. The summed E-state index contributed by atoms with van der Waals surface area (Å²) in [5, 5.41) is 9.43. The van der Waals surface area contributed by atoms with Crippen LogP contribution in [0.5, 0.6) is 0 Å². The van der Waals surface area contributed by atoms with E-state index in [1.165, 1.54) is 0 Å². The minimum absolute atomic E-state index is 0.776. The molecule has 0 amide bonds. The average Bonchev–Trinajstić information content (AvgIpc) is 2.03. The molecule has 1 aromatic rings. The quantitative estimate of drug-likeness (QED) is 0.289. The monoisotopic (exact) mass is 133 g/mol. The lowest BCUT2D eigenvalue weighted by Crippen LogP contribution is -1.96. The average molecular weight is 133 g/mol. The molecule has 0 aliphatic rings. The fourth-order valence-corrected chi connectivity index (χ4v) is 0.601. The van der Waals surface area contributed by atoms with Gasteiger partial charge in [0.05, 0.1) is 0 Å². The summed E-state index contributed by atoms with van der Waals surface area (Å²) in [4.78, 5) is 3.33. The topological polar surface area (TPSA) is 32.3 Å². The van der Waals surface area contributed by atoms with Crippen molar-refractivity contribution in [3.05, 3.63) is 35.9 Å². The van der Waals surface area contributed by atoms with Crippen LogP contribution in [-0.4, -0.2) is 0 Å². The lowest BCUT2D eigenvalue weighted by Gasteiger charge is -1.91. The fourth-order valence-electron chi connectivity index (χ4n) is 0.601. The normalized spacial score (nSPS) is 7.70. The van der Waals surface area contributed by atoms with Crippen molar-refractivity contribution in [3.8, 4) is 12.0 Å². The minimum atomic E-state index is 0.776. The maximum atomic E-state index is 9.43. The van der Waals surface area contributed by atoms with Gasteiger partial charge in [0.15, 0.2) is 0 Å². The molecule has 0 aliphatic heterocycles. The summed E-state index contributed by atoms with van der Waals surface area (Å²) in [6, 6.07) is 9.16. The molecule has 0 aromatic heterocycles. The SMILES string of the molecule is [O-]OC#Cc1ccccc1. The van der Waals surface area contributed by atoms with Gasteiger partial charge in [-0.25, -0.2) is 0 Å². The van der Waals surface area contributed by atoms with Crippen molar-refractivity contribution in [1.29, 1.82) is 0 Å². The van der Waals surface area contributed by atoms with Gasteiger partial charge < -0.3 is 10.1 Å². The molecule has 0 fully saturated rings. The summed E-state index contributed by atoms with van der Waals surface area (Å²) in [6.45, 7) is 0. The number of hydrogen-bond acceptors (Lipinski definition) is 2. The van der Waals surface area contributed by atoms with Crippen LogP contribution in [0.4, 0.5) is 0 Å². The van der Waals surface area contributed by atoms with E-state index in [-0.39, 0.29) is 0 Å². The highest BCUT2D eigenvalue weighted by Gasteiger charge is 1.78. The lowest BCUT2D eigenvalue weighted by atomic mass is 10.2. The Labute approximate surface area is 59.0 Å². The third kappa shape index (κ3) is 1.81. The molecule has 0 saturated carbocycles. The first-order valence-corrected chi connectivity index (χ1v) is 2.78. The zero-order valence-electron chi connectivity index (χ0n) is 5.20. The standard InChI is InChI=1S/C8H6O2/c9-10-7-6-8-4-2-1-3-5-8/h1-5,9H/p-1. The lowest BCUT2D eigenvalue weighted by molar-refractivity contribution is -0.658. The van der Waals surface area contributed by atoms with Gasteiger partial charge in [-0.3, -0.25) is 0 Å². The smallest absolute Gasteiger partial charge is 0.109 e. The third-order valence-electron chi connectivity index (χ3n) is 1.01. The molecule has 0 unspecified atom stereocenters. The Morgan fingerprint density at radius 2 is 1.90 bits per heavy atom. The molecule has 0 radical (unpaired) electrons. The van der Waals surface area contributed by atoms with E-state index in [4.69, 9.17) is 0 Å². The highest BCUT2D eigenvalue weighted by atomic mass is 17.1. The largest absolute Gasteiger partial charge is 0.653 e. The maximum absolute atomic E-state index is 9.43. The highest BCUT2D eigenvalue weighted by molar-refractivity contribution is 5.32. The predicted octanol–water partition coefficient (Wildman–Crippen LogP) is 0.288. The highest BCUT2D eigenvalue weighted by Crippen LogP contribution is 1.93. The molecule has 2 nitrogen and oxygen atoms in total. The second-order valence-electron chi connectivity index (χ2n) is 1.68. The van der Waals surface area contributed by atoms with Crippen molar-refractivity contribution in [1.82, 2.24) is 0 Å². The van der Waals surface area contributed by atoms with Crippen molar-refractivity contribution in [2.45, 2.75) is 0 Å². The molecule has 1 aromatic carbocycles. The van der Waals surface area contributed by atoms with E-state index in [0.29, 0.717) is 0 Å². The first-order valence-electron chi connectivity index (χ1n) is 2.78. The van der Waals surface area contributed by atoms with Crippen molar-refractivity contribution in [2.24, 2.45) is 0 Å². The molecule has 0 bridgehead atoms. The molecule has 0 aliphatic carbocycles. The summed E-state index contributed by atoms with van der Waals surface area (Å²) < 4.78 is 0. The van der Waals surface area contributed by atoms with E-state index in [0.717, 1.165) is 5.56 Å². The summed E-state index contributed by atoms with van der Waals surface area (Å²) in [5.74, 6) is 2.51. The Balaban J connectivity index is 2.76. The zero-order valence-corrected chi connectivity index (χ0v) is 5.20. The molecule has 0 spiro atoms. The molecule has 50 valence electrons. The van der Waals surface area contributed by atoms with Crippen LogP contribution < -0.4 is 5.26 Å². The van der Waals surface area contributed by atoms with Gasteiger partial charge in [-0.15, -0.1) is 0 Å². The molecular weight excluding hydrogens is 128 g/mol. The van der Waals surface area contributed by atoms with Gasteiger partial charge in [0, 0.05) is 5.56 Å². The Kier molecular flexibility index (Phi) is 2.36.